The first kappa shape index (κ1) is 11.7. The summed E-state index contributed by atoms with van der Waals surface area (Å²) >= 11 is 0. The predicted molar refractivity (Wildman–Crippen MR) is 67.0 cm³/mol. The fraction of sp³-hybridized carbons (Fsp3) is 0.692. The van der Waals surface area contributed by atoms with Crippen LogP contribution in [0.1, 0.15) is 47.2 Å². The van der Waals surface area contributed by atoms with Crippen LogP contribution in [0.3, 0.4) is 0 Å². The van der Waals surface area contributed by atoms with E-state index in [1.165, 1.54) is 0 Å². The molecule has 0 spiro atoms. The highest BCUT2D eigenvalue weighted by molar-refractivity contribution is 5.87. The fourth-order valence-corrected chi connectivity index (χ4v) is 3.17. The number of nitrogens with zero attached hydrogens (tertiary/aromatic N) is 3. The van der Waals surface area contributed by atoms with Crippen LogP contribution in [0.2, 0.25) is 0 Å². The summed E-state index contributed by atoms with van der Waals surface area (Å²) in [6.45, 7) is 2.77. The third kappa shape index (κ3) is 1.82. The highest BCUT2D eigenvalue weighted by Gasteiger charge is 2.31. The van der Waals surface area contributed by atoms with Gasteiger partial charge in [-0.15, -0.1) is 0 Å². The van der Waals surface area contributed by atoms with Gasteiger partial charge in [0.25, 0.3) is 0 Å². The van der Waals surface area contributed by atoms with Gasteiger partial charge in [-0.05, 0) is 32.9 Å². The molecule has 18 heavy (non-hydrogen) atoms. The summed E-state index contributed by atoms with van der Waals surface area (Å²) < 4.78 is 1.93. The lowest BCUT2D eigenvalue weighted by molar-refractivity contribution is 0.0682. The Bertz CT molecular complexity index is 481. The number of hydrogen-bond acceptors (Lipinski definition) is 3. The summed E-state index contributed by atoms with van der Waals surface area (Å²) in [7, 11) is 2.08. The van der Waals surface area contributed by atoms with E-state index < -0.39 is 5.97 Å². The van der Waals surface area contributed by atoms with Crippen LogP contribution < -0.4 is 0 Å². The maximum absolute atomic E-state index is 11.5. The molecule has 0 aromatic carbocycles. The van der Waals surface area contributed by atoms with E-state index in [4.69, 9.17) is 0 Å². The van der Waals surface area contributed by atoms with Gasteiger partial charge >= 0.3 is 5.97 Å². The van der Waals surface area contributed by atoms with Gasteiger partial charge in [-0.2, -0.15) is 0 Å². The first-order valence-corrected chi connectivity index (χ1v) is 6.68. The number of aromatic nitrogens is 2. The monoisotopic (exact) mass is 249 g/mol. The van der Waals surface area contributed by atoms with Crippen LogP contribution in [-0.4, -0.2) is 45.7 Å². The number of carbonyl (C=O) groups is 1. The zero-order chi connectivity index (χ0) is 12.7. The Balaban J connectivity index is 2.02. The Labute approximate surface area is 106 Å². The number of fused-ring (bicyclic) bond motifs is 1. The van der Waals surface area contributed by atoms with Gasteiger partial charge in [0, 0.05) is 25.4 Å². The third-order valence-corrected chi connectivity index (χ3v) is 4.09. The van der Waals surface area contributed by atoms with Crippen molar-refractivity contribution >= 4 is 5.97 Å². The van der Waals surface area contributed by atoms with Crippen molar-refractivity contribution in [1.29, 1.82) is 0 Å². The molecule has 5 heteroatoms. The summed E-state index contributed by atoms with van der Waals surface area (Å²) in [5, 5.41) is 9.46. The van der Waals surface area contributed by atoms with Crippen LogP contribution in [0.25, 0.3) is 0 Å². The molecule has 5 nitrogen and oxygen atoms in total. The Morgan fingerprint density at radius 2 is 2.22 bits per heavy atom. The number of aromatic carboxylic acids is 1. The van der Waals surface area contributed by atoms with Crippen molar-refractivity contribution in [3.63, 3.8) is 0 Å². The summed E-state index contributed by atoms with van der Waals surface area (Å²) in [5.74, 6) is 0.447. The molecule has 0 saturated carbocycles. The van der Waals surface area contributed by atoms with Crippen LogP contribution in [-0.2, 0) is 13.0 Å². The summed E-state index contributed by atoms with van der Waals surface area (Å²) in [5.41, 5.74) is 1.27. The molecule has 0 bridgehead atoms. The molecule has 1 aromatic heterocycles. The predicted octanol–water partition coefficient (Wildman–Crippen LogP) is 1.34. The number of aryl methyl sites for hydroxylation is 1. The number of imidazole rings is 1. The largest absolute Gasteiger partial charge is 0.477 e. The molecule has 0 aliphatic carbocycles. The Morgan fingerprint density at radius 3 is 2.89 bits per heavy atom. The molecule has 3 rings (SSSR count). The summed E-state index contributed by atoms with van der Waals surface area (Å²) in [4.78, 5) is 18.4. The second kappa shape index (κ2) is 4.39. The van der Waals surface area contributed by atoms with Crippen molar-refractivity contribution in [2.24, 2.45) is 0 Å². The number of hydrogen-bond donors (Lipinski definition) is 1. The molecule has 98 valence electrons. The van der Waals surface area contributed by atoms with E-state index in [1.807, 2.05) is 4.57 Å². The van der Waals surface area contributed by atoms with Crippen LogP contribution in [0, 0.1) is 0 Å². The van der Waals surface area contributed by atoms with E-state index in [1.54, 1.807) is 0 Å². The number of likely N-dealkylation sites (tertiary alicyclic amines) is 1. The fourth-order valence-electron chi connectivity index (χ4n) is 3.17. The van der Waals surface area contributed by atoms with Gasteiger partial charge in [0.2, 0.25) is 0 Å². The van der Waals surface area contributed by atoms with Crippen molar-refractivity contribution in [1.82, 2.24) is 14.5 Å². The molecule has 3 heterocycles. The van der Waals surface area contributed by atoms with Gasteiger partial charge in [0.15, 0.2) is 5.69 Å². The van der Waals surface area contributed by atoms with Gasteiger partial charge in [0.05, 0.1) is 5.69 Å². The maximum Gasteiger partial charge on any atom is 0.354 e. The van der Waals surface area contributed by atoms with Crippen molar-refractivity contribution in [3.05, 3.63) is 17.2 Å². The first-order chi connectivity index (χ1) is 8.66. The van der Waals surface area contributed by atoms with Gasteiger partial charge < -0.3 is 14.6 Å². The van der Waals surface area contributed by atoms with Crippen LogP contribution in [0.15, 0.2) is 0 Å². The minimum atomic E-state index is -0.819. The van der Waals surface area contributed by atoms with Crippen molar-refractivity contribution in [2.45, 2.75) is 38.1 Å². The van der Waals surface area contributed by atoms with E-state index in [9.17, 15) is 9.90 Å². The topological polar surface area (TPSA) is 58.4 Å². The Morgan fingerprint density at radius 1 is 1.39 bits per heavy atom. The molecule has 0 amide bonds. The van der Waals surface area contributed by atoms with E-state index >= 15 is 0 Å². The first-order valence-electron chi connectivity index (χ1n) is 6.68. The van der Waals surface area contributed by atoms with Crippen LogP contribution in [0.4, 0.5) is 0 Å². The van der Waals surface area contributed by atoms with Crippen LogP contribution in [0.5, 0.6) is 0 Å². The lowest BCUT2D eigenvalue weighted by atomic mass is 10.0. The standard InChI is InChI=1S/C13H19N3O2/c1-15-7-5-9(8-15)11-12(13(17)18)16-6-3-2-4-10(16)14-11/h9H,2-8H2,1H3,(H,17,18). The molecular formula is C13H19N3O2. The van der Waals surface area contributed by atoms with Crippen molar-refractivity contribution in [3.8, 4) is 0 Å². The van der Waals surface area contributed by atoms with Crippen molar-refractivity contribution < 1.29 is 9.90 Å². The summed E-state index contributed by atoms with van der Waals surface area (Å²) in [6.07, 6.45) is 4.13. The third-order valence-electron chi connectivity index (χ3n) is 4.09. The number of rotatable bonds is 2. The SMILES string of the molecule is CN1CCC(c2nc3n(c2C(=O)O)CCCC3)C1. The molecule has 0 radical (unpaired) electrons. The van der Waals surface area contributed by atoms with Gasteiger partial charge in [0.1, 0.15) is 5.82 Å². The zero-order valence-corrected chi connectivity index (χ0v) is 10.7. The van der Waals surface area contributed by atoms with E-state index in [0.717, 1.165) is 56.8 Å². The lowest BCUT2D eigenvalue weighted by Gasteiger charge is -2.15. The molecule has 1 unspecified atom stereocenters. The maximum atomic E-state index is 11.5. The van der Waals surface area contributed by atoms with Gasteiger partial charge in [-0.3, -0.25) is 0 Å². The molecule has 1 saturated heterocycles. The molecule has 1 N–H and O–H groups in total. The van der Waals surface area contributed by atoms with E-state index in [2.05, 4.69) is 16.9 Å². The highest BCUT2D eigenvalue weighted by Crippen LogP contribution is 2.30. The van der Waals surface area contributed by atoms with Crippen molar-refractivity contribution in [2.75, 3.05) is 20.1 Å². The van der Waals surface area contributed by atoms with Gasteiger partial charge in [-0.1, -0.05) is 0 Å². The molecule has 2 aliphatic heterocycles. The molecule has 1 aromatic rings. The van der Waals surface area contributed by atoms with Crippen LogP contribution >= 0.6 is 0 Å². The highest BCUT2D eigenvalue weighted by atomic mass is 16.4. The normalized spacial score (nSPS) is 24.2. The Kier molecular flexibility index (Phi) is 2.86. The molecule has 1 fully saturated rings. The smallest absolute Gasteiger partial charge is 0.354 e. The minimum absolute atomic E-state index is 0.291. The quantitative estimate of drug-likeness (QED) is 0.859. The summed E-state index contributed by atoms with van der Waals surface area (Å²) in [6, 6.07) is 0. The average molecular weight is 249 g/mol. The van der Waals surface area contributed by atoms with E-state index in [-0.39, 0.29) is 0 Å². The minimum Gasteiger partial charge on any atom is -0.477 e. The molecular weight excluding hydrogens is 230 g/mol. The Hall–Kier alpha value is -1.36. The molecule has 1 atom stereocenters. The van der Waals surface area contributed by atoms with Gasteiger partial charge in [-0.25, -0.2) is 9.78 Å². The number of carboxylic acid groups (broad SMARTS) is 1. The number of likely N-dealkylation sites (N-methyl/N-ethyl adjacent to an activating group) is 1. The number of carboxylic acids is 1. The van der Waals surface area contributed by atoms with E-state index in [0.29, 0.717) is 11.6 Å². The second-order valence-corrected chi connectivity index (χ2v) is 5.42. The lowest BCUT2D eigenvalue weighted by Crippen LogP contribution is -2.18. The zero-order valence-electron chi connectivity index (χ0n) is 10.7. The second-order valence-electron chi connectivity index (χ2n) is 5.42. The average Bonchev–Trinajstić information content (AvgIpc) is 2.91. The molecule has 2 aliphatic rings.